The Morgan fingerprint density at radius 1 is 0.938 bits per heavy atom. The second kappa shape index (κ2) is 9.95. The monoisotopic (exact) mass is 468 g/mol. The van der Waals surface area contributed by atoms with Crippen molar-refractivity contribution in [2.24, 2.45) is 5.92 Å². The topological polar surface area (TPSA) is 36.9 Å². The highest BCUT2D eigenvalue weighted by atomic mass is 19.3. The summed E-state index contributed by atoms with van der Waals surface area (Å²) in [4.78, 5) is 0. The molecule has 0 bridgehead atoms. The molecule has 0 N–H and O–H groups in total. The lowest BCUT2D eigenvalue weighted by Gasteiger charge is -2.29. The molecule has 1 aliphatic rings. The first kappa shape index (κ1) is 24.1. The Morgan fingerprint density at radius 3 is 2.16 bits per heavy atom. The fraction of sp³-hybridized carbons (Fsp3) is 0.429. The molecular weight excluding hydrogens is 449 g/mol. The lowest BCUT2D eigenvalue weighted by molar-refractivity contribution is -0.212. The van der Waals surface area contributed by atoms with E-state index in [0.717, 1.165) is 18.9 Å². The van der Waals surface area contributed by atoms with E-state index in [1.54, 1.807) is 0 Å². The normalized spacial score (nSPS) is 19.1. The number of hydrogen-bond acceptors (Lipinski definition) is 4. The first-order valence-electron chi connectivity index (χ1n) is 9.68. The molecule has 2 aromatic rings. The molecule has 11 heteroatoms. The van der Waals surface area contributed by atoms with Crippen molar-refractivity contribution in [1.82, 2.24) is 0 Å². The summed E-state index contributed by atoms with van der Waals surface area (Å²) in [5.74, 6) is -10.8. The molecule has 3 rings (SSSR count). The summed E-state index contributed by atoms with van der Waals surface area (Å²) in [5.41, 5.74) is -1.56. The summed E-state index contributed by atoms with van der Waals surface area (Å²) < 4.78 is 117. The minimum absolute atomic E-state index is 0.146. The maximum atomic E-state index is 14.3. The average Bonchev–Trinajstić information content (AvgIpc) is 2.74. The Kier molecular flexibility index (Phi) is 7.50. The van der Waals surface area contributed by atoms with E-state index < -0.39 is 58.5 Å². The Labute approximate surface area is 178 Å². The Hall–Kier alpha value is -2.53. The summed E-state index contributed by atoms with van der Waals surface area (Å²) in [6.45, 7) is 2.52. The lowest BCUT2D eigenvalue weighted by Crippen LogP contribution is -2.35. The zero-order chi connectivity index (χ0) is 23.5. The highest BCUT2D eigenvalue weighted by Crippen LogP contribution is 2.37. The molecule has 2 aromatic carbocycles. The van der Waals surface area contributed by atoms with Gasteiger partial charge in [0.25, 0.3) is 0 Å². The van der Waals surface area contributed by atoms with Gasteiger partial charge >= 0.3 is 6.11 Å². The van der Waals surface area contributed by atoms with Crippen molar-refractivity contribution in [2.45, 2.75) is 32.2 Å². The van der Waals surface area contributed by atoms with Gasteiger partial charge in [0.2, 0.25) is 5.82 Å². The van der Waals surface area contributed by atoms with Gasteiger partial charge in [-0.15, -0.1) is 0 Å². The van der Waals surface area contributed by atoms with Crippen LogP contribution in [0.25, 0.3) is 0 Å². The smallest absolute Gasteiger partial charge is 0.429 e. The third-order valence-corrected chi connectivity index (χ3v) is 4.67. The van der Waals surface area contributed by atoms with Gasteiger partial charge in [0.15, 0.2) is 35.3 Å². The number of benzene rings is 2. The summed E-state index contributed by atoms with van der Waals surface area (Å²) in [6.07, 6.45) is -3.51. The molecule has 0 aliphatic carbocycles. The molecule has 0 aromatic heterocycles. The molecule has 4 nitrogen and oxygen atoms in total. The van der Waals surface area contributed by atoms with Gasteiger partial charge in [0.1, 0.15) is 17.9 Å². The zero-order valence-corrected chi connectivity index (χ0v) is 16.8. The van der Waals surface area contributed by atoms with E-state index in [9.17, 15) is 30.7 Å². The van der Waals surface area contributed by atoms with E-state index >= 15 is 0 Å². The molecular formula is C21H19F7O4. The van der Waals surface area contributed by atoms with Gasteiger partial charge in [0.05, 0.1) is 13.2 Å². The van der Waals surface area contributed by atoms with Crippen LogP contribution in [0.5, 0.6) is 11.5 Å². The SMILES string of the molecule is CCCC1COC(COc2ccc(C(F)(F)Oc3cc(F)c(F)c(F)c3)c(F)c2F)OC1. The maximum Gasteiger partial charge on any atom is 0.429 e. The minimum Gasteiger partial charge on any atom is -0.485 e. The van der Waals surface area contributed by atoms with Gasteiger partial charge in [-0.3, -0.25) is 0 Å². The molecule has 32 heavy (non-hydrogen) atoms. The first-order chi connectivity index (χ1) is 15.1. The van der Waals surface area contributed by atoms with Crippen LogP contribution in [-0.2, 0) is 15.6 Å². The molecule has 0 amide bonds. The van der Waals surface area contributed by atoms with Crippen molar-refractivity contribution in [3.63, 3.8) is 0 Å². The molecule has 0 spiro atoms. The molecule has 0 saturated carbocycles. The average molecular weight is 468 g/mol. The molecule has 1 heterocycles. The standard InChI is InChI=1S/C21H19F7O4/c1-2-3-11-8-30-17(31-9-11)10-29-16-5-4-13(18(24)20(16)26)21(27,28)32-12-6-14(22)19(25)15(23)7-12/h4-7,11,17H,2-3,8-10H2,1H3. The number of ether oxygens (including phenoxy) is 4. The van der Waals surface area contributed by atoms with E-state index in [4.69, 9.17) is 14.2 Å². The van der Waals surface area contributed by atoms with Crippen molar-refractivity contribution in [2.75, 3.05) is 19.8 Å². The predicted octanol–water partition coefficient (Wildman–Crippen LogP) is 5.68. The van der Waals surface area contributed by atoms with Crippen molar-refractivity contribution in [3.8, 4) is 11.5 Å². The Bertz CT molecular complexity index is 923. The molecule has 1 aliphatic heterocycles. The van der Waals surface area contributed by atoms with Gasteiger partial charge in [-0.1, -0.05) is 13.3 Å². The highest BCUT2D eigenvalue weighted by molar-refractivity contribution is 5.34. The predicted molar refractivity (Wildman–Crippen MR) is 96.8 cm³/mol. The van der Waals surface area contributed by atoms with Crippen LogP contribution in [0.2, 0.25) is 0 Å². The second-order valence-corrected chi connectivity index (χ2v) is 7.12. The van der Waals surface area contributed by atoms with Crippen LogP contribution in [0.15, 0.2) is 24.3 Å². The maximum absolute atomic E-state index is 14.3. The molecule has 0 radical (unpaired) electrons. The summed E-state index contributed by atoms with van der Waals surface area (Å²) in [7, 11) is 0. The van der Waals surface area contributed by atoms with E-state index in [0.29, 0.717) is 19.3 Å². The number of alkyl halides is 2. The van der Waals surface area contributed by atoms with Crippen molar-refractivity contribution < 1.29 is 49.7 Å². The first-order valence-corrected chi connectivity index (χ1v) is 9.68. The van der Waals surface area contributed by atoms with E-state index in [-0.39, 0.29) is 24.7 Å². The van der Waals surface area contributed by atoms with E-state index in [1.807, 2.05) is 6.92 Å². The van der Waals surface area contributed by atoms with E-state index in [1.165, 1.54) is 0 Å². The van der Waals surface area contributed by atoms with E-state index in [2.05, 4.69) is 4.74 Å². The highest BCUT2D eigenvalue weighted by Gasteiger charge is 2.40. The Morgan fingerprint density at radius 2 is 1.56 bits per heavy atom. The Balaban J connectivity index is 1.68. The van der Waals surface area contributed by atoms with Crippen molar-refractivity contribution in [1.29, 1.82) is 0 Å². The zero-order valence-electron chi connectivity index (χ0n) is 16.8. The van der Waals surface area contributed by atoms with Crippen molar-refractivity contribution in [3.05, 3.63) is 58.9 Å². The fourth-order valence-corrected chi connectivity index (χ4v) is 3.07. The van der Waals surface area contributed by atoms with Gasteiger partial charge < -0.3 is 18.9 Å². The lowest BCUT2D eigenvalue weighted by atomic mass is 10.1. The van der Waals surface area contributed by atoms with Gasteiger partial charge in [-0.2, -0.15) is 13.2 Å². The van der Waals surface area contributed by atoms with Crippen LogP contribution < -0.4 is 9.47 Å². The summed E-state index contributed by atoms with van der Waals surface area (Å²) in [5, 5.41) is 0. The third kappa shape index (κ3) is 5.44. The van der Waals surface area contributed by atoms with Crippen LogP contribution >= 0.6 is 0 Å². The number of halogens is 7. The van der Waals surface area contributed by atoms with Crippen LogP contribution in [-0.4, -0.2) is 26.1 Å². The number of hydrogen-bond donors (Lipinski definition) is 0. The fourth-order valence-electron chi connectivity index (χ4n) is 3.07. The minimum atomic E-state index is -4.54. The summed E-state index contributed by atoms with van der Waals surface area (Å²) >= 11 is 0. The molecule has 0 unspecified atom stereocenters. The quantitative estimate of drug-likeness (QED) is 0.369. The van der Waals surface area contributed by atoms with Crippen LogP contribution in [0.4, 0.5) is 30.7 Å². The molecule has 1 saturated heterocycles. The second-order valence-electron chi connectivity index (χ2n) is 7.12. The molecule has 176 valence electrons. The van der Waals surface area contributed by atoms with Crippen LogP contribution in [0.1, 0.15) is 25.3 Å². The summed E-state index contributed by atoms with van der Waals surface area (Å²) in [6, 6.07) is 1.52. The van der Waals surface area contributed by atoms with Crippen LogP contribution in [0, 0.1) is 35.0 Å². The molecule has 1 fully saturated rings. The van der Waals surface area contributed by atoms with Crippen LogP contribution in [0.3, 0.4) is 0 Å². The van der Waals surface area contributed by atoms with Gasteiger partial charge in [-0.25, -0.2) is 17.6 Å². The van der Waals surface area contributed by atoms with Crippen molar-refractivity contribution >= 4 is 0 Å². The number of rotatable bonds is 8. The van der Waals surface area contributed by atoms with Gasteiger partial charge in [0, 0.05) is 18.1 Å². The third-order valence-electron chi connectivity index (χ3n) is 4.67. The largest absolute Gasteiger partial charge is 0.485 e. The molecule has 0 atom stereocenters. The van der Waals surface area contributed by atoms with Gasteiger partial charge in [-0.05, 0) is 18.6 Å².